The summed E-state index contributed by atoms with van der Waals surface area (Å²) in [5.74, 6) is -0.385. The number of nitrogens with two attached hydrogens (primary N) is 1. The molecule has 1 atom stereocenters. The first kappa shape index (κ1) is 11.1. The number of carbonyl (C=O) groups is 1. The van der Waals surface area contributed by atoms with E-state index >= 15 is 0 Å². The summed E-state index contributed by atoms with van der Waals surface area (Å²) in [5, 5.41) is 3.41. The molecule has 1 aromatic carbocycles. The highest BCUT2D eigenvalue weighted by Crippen LogP contribution is 2.07. The van der Waals surface area contributed by atoms with E-state index in [0.29, 0.717) is 11.6 Å². The van der Waals surface area contributed by atoms with E-state index in [-0.39, 0.29) is 5.91 Å². The van der Waals surface area contributed by atoms with Gasteiger partial charge in [0.05, 0.1) is 6.61 Å². The van der Waals surface area contributed by atoms with Gasteiger partial charge in [0, 0.05) is 24.8 Å². The molecule has 2 rings (SSSR count). The van der Waals surface area contributed by atoms with Crippen LogP contribution in [0, 0.1) is 0 Å². The molecule has 1 aliphatic rings. The normalized spacial score (nSPS) is 19.9. The van der Waals surface area contributed by atoms with Crippen molar-refractivity contribution < 1.29 is 9.53 Å². The summed E-state index contributed by atoms with van der Waals surface area (Å²) in [6, 6.07) is 7.80. The molecule has 0 spiro atoms. The minimum Gasteiger partial charge on any atom is -0.380 e. The molecule has 86 valence electrons. The maximum atomic E-state index is 10.9. The van der Waals surface area contributed by atoms with Crippen LogP contribution < -0.4 is 11.1 Å². The van der Waals surface area contributed by atoms with Gasteiger partial charge in [0.15, 0.2) is 0 Å². The van der Waals surface area contributed by atoms with Crippen molar-refractivity contribution in [3.63, 3.8) is 0 Å². The fraction of sp³-hybridized carbons (Fsp3) is 0.417. The summed E-state index contributed by atoms with van der Waals surface area (Å²) in [4.78, 5) is 10.9. The lowest BCUT2D eigenvalue weighted by molar-refractivity contribution is 0.100. The first-order valence-corrected chi connectivity index (χ1v) is 5.45. The van der Waals surface area contributed by atoms with Gasteiger partial charge in [0.1, 0.15) is 0 Å². The minimum atomic E-state index is -0.385. The minimum absolute atomic E-state index is 0.385. The topological polar surface area (TPSA) is 64.4 Å². The standard InChI is InChI=1S/C12H16N2O2/c13-12(15)10-3-1-9(2-4-10)7-14-11-5-6-16-8-11/h1-4,11,14H,5-8H2,(H2,13,15). The monoisotopic (exact) mass is 220 g/mol. The summed E-state index contributed by atoms with van der Waals surface area (Å²) in [6.45, 7) is 2.44. The molecule has 0 radical (unpaired) electrons. The van der Waals surface area contributed by atoms with Gasteiger partial charge in [-0.1, -0.05) is 12.1 Å². The van der Waals surface area contributed by atoms with Gasteiger partial charge >= 0.3 is 0 Å². The van der Waals surface area contributed by atoms with E-state index in [1.165, 1.54) is 0 Å². The van der Waals surface area contributed by atoms with Gasteiger partial charge in [-0.3, -0.25) is 4.79 Å². The van der Waals surface area contributed by atoms with E-state index in [1.54, 1.807) is 12.1 Å². The summed E-state index contributed by atoms with van der Waals surface area (Å²) < 4.78 is 5.27. The van der Waals surface area contributed by atoms with Crippen molar-refractivity contribution in [2.45, 2.75) is 19.0 Å². The Balaban J connectivity index is 1.87. The van der Waals surface area contributed by atoms with Crippen molar-refractivity contribution in [2.24, 2.45) is 5.73 Å². The molecule has 1 aliphatic heterocycles. The lowest BCUT2D eigenvalue weighted by Gasteiger charge is -2.10. The Morgan fingerprint density at radius 1 is 1.44 bits per heavy atom. The van der Waals surface area contributed by atoms with E-state index in [2.05, 4.69) is 5.32 Å². The molecule has 3 N–H and O–H groups in total. The van der Waals surface area contributed by atoms with Crippen LogP contribution in [0.2, 0.25) is 0 Å². The highest BCUT2D eigenvalue weighted by atomic mass is 16.5. The molecule has 1 fully saturated rings. The van der Waals surface area contributed by atoms with Crippen molar-refractivity contribution >= 4 is 5.91 Å². The molecule has 1 amide bonds. The molecule has 0 aromatic heterocycles. The molecule has 1 unspecified atom stereocenters. The van der Waals surface area contributed by atoms with Gasteiger partial charge < -0.3 is 15.8 Å². The predicted molar refractivity (Wildman–Crippen MR) is 61.0 cm³/mol. The van der Waals surface area contributed by atoms with Gasteiger partial charge in [-0.15, -0.1) is 0 Å². The lowest BCUT2D eigenvalue weighted by Crippen LogP contribution is -2.28. The number of nitrogens with one attached hydrogen (secondary N) is 1. The van der Waals surface area contributed by atoms with E-state index in [1.807, 2.05) is 12.1 Å². The molecule has 0 bridgehead atoms. The number of carbonyl (C=O) groups excluding carboxylic acids is 1. The Kier molecular flexibility index (Phi) is 3.54. The van der Waals surface area contributed by atoms with E-state index < -0.39 is 0 Å². The van der Waals surface area contributed by atoms with E-state index in [0.717, 1.165) is 31.7 Å². The predicted octanol–water partition coefficient (Wildman–Crippen LogP) is 0.664. The lowest BCUT2D eigenvalue weighted by atomic mass is 10.1. The molecule has 1 heterocycles. The molecule has 1 saturated heterocycles. The number of hydrogen-bond donors (Lipinski definition) is 2. The van der Waals surface area contributed by atoms with Crippen LogP contribution in [0.3, 0.4) is 0 Å². The first-order chi connectivity index (χ1) is 7.75. The van der Waals surface area contributed by atoms with Crippen LogP contribution in [0.4, 0.5) is 0 Å². The molecule has 16 heavy (non-hydrogen) atoms. The van der Waals surface area contributed by atoms with Crippen LogP contribution in [0.25, 0.3) is 0 Å². The van der Waals surface area contributed by atoms with Crippen LogP contribution in [0.1, 0.15) is 22.3 Å². The molecule has 4 heteroatoms. The van der Waals surface area contributed by atoms with Crippen LogP contribution >= 0.6 is 0 Å². The van der Waals surface area contributed by atoms with Crippen molar-refractivity contribution in [1.82, 2.24) is 5.32 Å². The molecule has 0 saturated carbocycles. The second kappa shape index (κ2) is 5.09. The highest BCUT2D eigenvalue weighted by Gasteiger charge is 2.14. The molecular formula is C12H16N2O2. The maximum absolute atomic E-state index is 10.9. The van der Waals surface area contributed by atoms with Crippen molar-refractivity contribution in [1.29, 1.82) is 0 Å². The second-order valence-corrected chi connectivity index (χ2v) is 4.00. The van der Waals surface area contributed by atoms with Crippen LogP contribution in [-0.2, 0) is 11.3 Å². The Labute approximate surface area is 94.8 Å². The summed E-state index contributed by atoms with van der Waals surface area (Å²) in [7, 11) is 0. The quantitative estimate of drug-likeness (QED) is 0.783. The number of primary amides is 1. The van der Waals surface area contributed by atoms with E-state index in [9.17, 15) is 4.79 Å². The largest absolute Gasteiger partial charge is 0.380 e. The number of ether oxygens (including phenoxy) is 1. The second-order valence-electron chi connectivity index (χ2n) is 4.00. The number of amides is 1. The van der Waals surface area contributed by atoms with Gasteiger partial charge in [-0.05, 0) is 24.1 Å². The Morgan fingerprint density at radius 2 is 2.19 bits per heavy atom. The van der Waals surface area contributed by atoms with Crippen LogP contribution in [-0.4, -0.2) is 25.2 Å². The SMILES string of the molecule is NC(=O)c1ccc(CNC2CCOC2)cc1. The van der Waals surface area contributed by atoms with Crippen molar-refractivity contribution in [2.75, 3.05) is 13.2 Å². The molecule has 1 aromatic rings. The smallest absolute Gasteiger partial charge is 0.248 e. The van der Waals surface area contributed by atoms with Crippen LogP contribution in [0.5, 0.6) is 0 Å². The highest BCUT2D eigenvalue weighted by molar-refractivity contribution is 5.92. The maximum Gasteiger partial charge on any atom is 0.248 e. The van der Waals surface area contributed by atoms with Gasteiger partial charge in [0.2, 0.25) is 5.91 Å². The fourth-order valence-electron chi connectivity index (χ4n) is 1.74. The third-order valence-electron chi connectivity index (χ3n) is 2.76. The average Bonchev–Trinajstić information content (AvgIpc) is 2.80. The zero-order valence-corrected chi connectivity index (χ0v) is 9.11. The summed E-state index contributed by atoms with van der Waals surface area (Å²) >= 11 is 0. The average molecular weight is 220 g/mol. The summed E-state index contributed by atoms with van der Waals surface area (Å²) in [5.41, 5.74) is 6.87. The van der Waals surface area contributed by atoms with Crippen molar-refractivity contribution in [3.8, 4) is 0 Å². The zero-order chi connectivity index (χ0) is 11.4. The van der Waals surface area contributed by atoms with Gasteiger partial charge in [0.25, 0.3) is 0 Å². The van der Waals surface area contributed by atoms with Crippen LogP contribution in [0.15, 0.2) is 24.3 Å². The Morgan fingerprint density at radius 3 is 2.75 bits per heavy atom. The van der Waals surface area contributed by atoms with Crippen molar-refractivity contribution in [3.05, 3.63) is 35.4 Å². The number of benzene rings is 1. The van der Waals surface area contributed by atoms with Gasteiger partial charge in [-0.25, -0.2) is 0 Å². The molecule has 0 aliphatic carbocycles. The third-order valence-corrected chi connectivity index (χ3v) is 2.76. The number of hydrogen-bond acceptors (Lipinski definition) is 3. The third kappa shape index (κ3) is 2.81. The summed E-state index contributed by atoms with van der Waals surface area (Å²) in [6.07, 6.45) is 1.07. The Bertz CT molecular complexity index is 356. The first-order valence-electron chi connectivity index (χ1n) is 5.45. The van der Waals surface area contributed by atoms with Gasteiger partial charge in [-0.2, -0.15) is 0 Å². The Hall–Kier alpha value is -1.39. The zero-order valence-electron chi connectivity index (χ0n) is 9.11. The molecular weight excluding hydrogens is 204 g/mol. The molecule has 4 nitrogen and oxygen atoms in total. The number of rotatable bonds is 4. The van der Waals surface area contributed by atoms with E-state index in [4.69, 9.17) is 10.5 Å². The fourth-order valence-corrected chi connectivity index (χ4v) is 1.74.